The van der Waals surface area contributed by atoms with Crippen LogP contribution < -0.4 is 9.80 Å². The van der Waals surface area contributed by atoms with Crippen LogP contribution in [0, 0.1) is 0 Å². The van der Waals surface area contributed by atoms with Gasteiger partial charge in [-0.1, -0.05) is 115 Å². The van der Waals surface area contributed by atoms with Gasteiger partial charge in [-0.15, -0.1) is 0 Å². The van der Waals surface area contributed by atoms with Crippen molar-refractivity contribution in [2.75, 3.05) is 9.80 Å². The molecule has 2 heterocycles. The SMILES string of the molecule is C(=C\N(c1ccccc1)c1cccc(N(/C=C/c2ccc(-c3cccc4nsnc34)cc2)c2ccccc2)c1)/c1ccc(-c2cccc3nsnc23)cc1. The molecule has 0 aliphatic carbocycles. The summed E-state index contributed by atoms with van der Waals surface area (Å²) in [7, 11) is 0. The third-order valence-corrected chi connectivity index (χ3v) is 10.4. The Morgan fingerprint density at radius 1 is 0.370 bits per heavy atom. The molecule has 0 amide bonds. The molecule has 0 aliphatic heterocycles. The van der Waals surface area contributed by atoms with Gasteiger partial charge in [-0.2, -0.15) is 17.5 Å². The summed E-state index contributed by atoms with van der Waals surface area (Å²) in [6.07, 6.45) is 8.58. The molecule has 0 fully saturated rings. The van der Waals surface area contributed by atoms with E-state index < -0.39 is 0 Å². The lowest BCUT2D eigenvalue weighted by molar-refractivity contribution is 1.25. The van der Waals surface area contributed by atoms with Crippen molar-refractivity contribution in [3.8, 4) is 22.3 Å². The second kappa shape index (κ2) is 15.1. The molecule has 0 saturated carbocycles. The Labute approximate surface area is 321 Å². The molecule has 0 bridgehead atoms. The van der Waals surface area contributed by atoms with Crippen molar-refractivity contribution in [3.05, 3.63) is 193 Å². The highest BCUT2D eigenvalue weighted by atomic mass is 32.1. The average Bonchev–Trinajstić information content (AvgIpc) is 3.93. The Morgan fingerprint density at radius 2 is 0.778 bits per heavy atom. The largest absolute Gasteiger partial charge is 0.317 e. The van der Waals surface area contributed by atoms with Crippen LogP contribution in [-0.2, 0) is 0 Å². The lowest BCUT2D eigenvalue weighted by Gasteiger charge is -2.25. The molecule has 9 aromatic rings. The van der Waals surface area contributed by atoms with Crippen molar-refractivity contribution >= 4 is 80.4 Å². The summed E-state index contributed by atoms with van der Waals surface area (Å²) in [5, 5.41) is 0. The van der Waals surface area contributed by atoms with Crippen molar-refractivity contribution in [2.45, 2.75) is 0 Å². The number of anilines is 4. The molecular formula is C46H32N6S2. The molecular weight excluding hydrogens is 701 g/mol. The smallest absolute Gasteiger partial charge is 0.112 e. The molecule has 0 radical (unpaired) electrons. The van der Waals surface area contributed by atoms with Crippen molar-refractivity contribution in [1.29, 1.82) is 0 Å². The molecule has 54 heavy (non-hydrogen) atoms. The Bertz CT molecular complexity index is 2530. The summed E-state index contributed by atoms with van der Waals surface area (Å²) < 4.78 is 17.9. The minimum Gasteiger partial charge on any atom is -0.317 e. The van der Waals surface area contributed by atoms with Gasteiger partial charge >= 0.3 is 0 Å². The Kier molecular flexibility index (Phi) is 9.25. The highest BCUT2D eigenvalue weighted by Gasteiger charge is 2.13. The number of para-hydroxylation sites is 2. The maximum Gasteiger partial charge on any atom is 0.112 e. The van der Waals surface area contributed by atoms with Crippen LogP contribution in [0.5, 0.6) is 0 Å². The minimum atomic E-state index is 0.928. The zero-order chi connectivity index (χ0) is 36.1. The summed E-state index contributed by atoms with van der Waals surface area (Å²) >= 11 is 2.50. The van der Waals surface area contributed by atoms with E-state index in [9.17, 15) is 0 Å². The van der Waals surface area contributed by atoms with Gasteiger partial charge in [0.25, 0.3) is 0 Å². The zero-order valence-corrected chi connectivity index (χ0v) is 30.6. The summed E-state index contributed by atoms with van der Waals surface area (Å²) in [5.41, 5.74) is 14.6. The number of fused-ring (bicyclic) bond motifs is 2. The van der Waals surface area contributed by atoms with Crippen LogP contribution in [0.2, 0.25) is 0 Å². The molecule has 0 aliphatic rings. The summed E-state index contributed by atoms with van der Waals surface area (Å²) in [6.45, 7) is 0. The average molecular weight is 733 g/mol. The molecule has 2 aromatic heterocycles. The van der Waals surface area contributed by atoms with Gasteiger partial charge in [0.05, 0.1) is 23.5 Å². The second-order valence-corrected chi connectivity index (χ2v) is 13.7. The molecule has 0 spiro atoms. The lowest BCUT2D eigenvalue weighted by atomic mass is 10.0. The minimum absolute atomic E-state index is 0.928. The first-order valence-corrected chi connectivity index (χ1v) is 19.0. The molecule has 258 valence electrons. The monoisotopic (exact) mass is 732 g/mol. The predicted octanol–water partition coefficient (Wildman–Crippen LogP) is 12.6. The normalized spacial score (nSPS) is 11.6. The quantitative estimate of drug-likeness (QED) is 0.140. The van der Waals surface area contributed by atoms with Crippen LogP contribution in [0.15, 0.2) is 182 Å². The fourth-order valence-electron chi connectivity index (χ4n) is 6.56. The number of benzene rings is 7. The fraction of sp³-hybridized carbons (Fsp3) is 0. The molecule has 0 atom stereocenters. The van der Waals surface area contributed by atoms with Gasteiger partial charge in [0, 0.05) is 46.3 Å². The van der Waals surface area contributed by atoms with Crippen molar-refractivity contribution in [1.82, 2.24) is 17.5 Å². The molecule has 7 aromatic carbocycles. The van der Waals surface area contributed by atoms with E-state index in [0.717, 1.165) is 78.2 Å². The standard InChI is InChI=1S/C46H32N6S2/c1-3-10-37(11-4-1)51(30-28-33-20-24-35(25-21-33)41-16-8-18-43-45(41)49-53-47-43)39-14-7-15-40(32-39)52(38-12-5-2-6-13-38)31-29-34-22-26-36(27-23-34)42-17-9-19-44-46(42)50-54-48-44/h1-32H/b30-28+,31-29+. The van der Waals surface area contributed by atoms with E-state index >= 15 is 0 Å². The van der Waals surface area contributed by atoms with E-state index in [2.05, 4.69) is 185 Å². The van der Waals surface area contributed by atoms with E-state index in [4.69, 9.17) is 0 Å². The van der Waals surface area contributed by atoms with Gasteiger partial charge in [0.1, 0.15) is 22.1 Å². The second-order valence-electron chi connectivity index (χ2n) is 12.7. The Balaban J connectivity index is 1.02. The molecule has 6 nitrogen and oxygen atoms in total. The summed E-state index contributed by atoms with van der Waals surface area (Å²) in [4.78, 5) is 4.45. The van der Waals surface area contributed by atoms with Crippen LogP contribution in [0.4, 0.5) is 22.7 Å². The van der Waals surface area contributed by atoms with E-state index in [1.807, 2.05) is 36.4 Å². The van der Waals surface area contributed by atoms with Gasteiger partial charge < -0.3 is 9.80 Å². The summed E-state index contributed by atoms with van der Waals surface area (Å²) in [6, 6.07) is 59.0. The van der Waals surface area contributed by atoms with Gasteiger partial charge in [-0.3, -0.25) is 0 Å². The van der Waals surface area contributed by atoms with Gasteiger partial charge in [0.2, 0.25) is 0 Å². The lowest BCUT2D eigenvalue weighted by Crippen LogP contribution is -2.11. The van der Waals surface area contributed by atoms with E-state index in [1.54, 1.807) is 0 Å². The highest BCUT2D eigenvalue weighted by molar-refractivity contribution is 7.00. The van der Waals surface area contributed by atoms with Gasteiger partial charge in [-0.25, -0.2) is 0 Å². The van der Waals surface area contributed by atoms with E-state index in [1.165, 1.54) is 23.5 Å². The first-order chi connectivity index (χ1) is 26.8. The van der Waals surface area contributed by atoms with Crippen molar-refractivity contribution in [2.24, 2.45) is 0 Å². The number of hydrogen-bond acceptors (Lipinski definition) is 8. The first-order valence-electron chi connectivity index (χ1n) is 17.6. The molecule has 9 rings (SSSR count). The number of hydrogen-bond donors (Lipinski definition) is 0. The van der Waals surface area contributed by atoms with Crippen LogP contribution in [0.3, 0.4) is 0 Å². The molecule has 8 heteroatoms. The van der Waals surface area contributed by atoms with Gasteiger partial charge in [0.15, 0.2) is 0 Å². The highest BCUT2D eigenvalue weighted by Crippen LogP contribution is 2.34. The Hall–Kier alpha value is -6.74. The third-order valence-electron chi connectivity index (χ3n) is 9.30. The van der Waals surface area contributed by atoms with Crippen LogP contribution in [0.1, 0.15) is 11.1 Å². The number of rotatable bonds is 10. The maximum atomic E-state index is 4.53. The predicted molar refractivity (Wildman–Crippen MR) is 227 cm³/mol. The van der Waals surface area contributed by atoms with Crippen LogP contribution in [0.25, 0.3) is 56.5 Å². The maximum absolute atomic E-state index is 4.53. The van der Waals surface area contributed by atoms with Crippen molar-refractivity contribution < 1.29 is 0 Å². The van der Waals surface area contributed by atoms with E-state index in [0.29, 0.717) is 0 Å². The van der Waals surface area contributed by atoms with Crippen molar-refractivity contribution in [3.63, 3.8) is 0 Å². The number of nitrogens with zero attached hydrogens (tertiary/aromatic N) is 6. The molecule has 0 saturated heterocycles. The zero-order valence-electron chi connectivity index (χ0n) is 29.0. The topological polar surface area (TPSA) is 58.0 Å². The number of aromatic nitrogens is 4. The van der Waals surface area contributed by atoms with Gasteiger partial charge in [-0.05, 0) is 89.0 Å². The third kappa shape index (κ3) is 6.91. The van der Waals surface area contributed by atoms with Crippen LogP contribution >= 0.6 is 23.5 Å². The summed E-state index contributed by atoms with van der Waals surface area (Å²) in [5.74, 6) is 0. The van der Waals surface area contributed by atoms with E-state index in [-0.39, 0.29) is 0 Å². The first kappa shape index (κ1) is 33.1. The van der Waals surface area contributed by atoms with Crippen LogP contribution in [-0.4, -0.2) is 17.5 Å². The fourth-order valence-corrected chi connectivity index (χ4v) is 7.66. The molecule has 0 N–H and O–H groups in total. The molecule has 0 unspecified atom stereocenters. The Morgan fingerprint density at radius 3 is 1.22 bits per heavy atom.